The van der Waals surface area contributed by atoms with Gasteiger partial charge in [0.25, 0.3) is 0 Å². The molecule has 2 aromatic carbocycles. The normalized spacial score (nSPS) is 14.7. The van der Waals surface area contributed by atoms with Gasteiger partial charge in [-0.25, -0.2) is 4.99 Å². The number of aromatic hydroxyl groups is 1. The van der Waals surface area contributed by atoms with Gasteiger partial charge in [0.05, 0.1) is 17.1 Å². The molecule has 3 rings (SSSR count). The molecule has 0 fully saturated rings. The third kappa shape index (κ3) is 2.72. The molecule has 0 bridgehead atoms. The zero-order valence-corrected chi connectivity index (χ0v) is 11.3. The number of para-hydroxylation sites is 3. The van der Waals surface area contributed by atoms with Crippen molar-refractivity contribution >= 4 is 22.8 Å². The maximum absolute atomic E-state index is 13.2. The Morgan fingerprint density at radius 2 is 1.45 bits per heavy atom. The number of aliphatic imine (C=N–C) groups is 2. The summed E-state index contributed by atoms with van der Waals surface area (Å²) in [6.07, 6.45) is -5.04. The minimum atomic E-state index is -4.55. The lowest BCUT2D eigenvalue weighted by molar-refractivity contribution is -0.0596. The molecule has 1 N–H and O–H groups in total. The van der Waals surface area contributed by atoms with Gasteiger partial charge in [0.1, 0.15) is 11.5 Å². The van der Waals surface area contributed by atoms with Crippen molar-refractivity contribution in [1.82, 2.24) is 0 Å². The molecule has 1 aliphatic rings. The van der Waals surface area contributed by atoms with Crippen molar-refractivity contribution in [2.24, 2.45) is 9.98 Å². The van der Waals surface area contributed by atoms with Gasteiger partial charge >= 0.3 is 6.18 Å². The average Bonchev–Trinajstić information content (AvgIpc) is 2.66. The number of hydrogen-bond donors (Lipinski definition) is 1. The smallest absolute Gasteiger partial charge is 0.429 e. The van der Waals surface area contributed by atoms with Crippen LogP contribution in [0.25, 0.3) is 0 Å². The quantitative estimate of drug-likeness (QED) is 0.825. The molecular formula is C16H11F3N2O. The van der Waals surface area contributed by atoms with Crippen LogP contribution >= 0.6 is 0 Å². The lowest BCUT2D eigenvalue weighted by Crippen LogP contribution is -2.25. The Balaban J connectivity index is 2.19. The Morgan fingerprint density at radius 1 is 0.864 bits per heavy atom. The number of benzene rings is 2. The molecule has 0 spiro atoms. The van der Waals surface area contributed by atoms with Crippen LogP contribution in [0.15, 0.2) is 58.5 Å². The highest BCUT2D eigenvalue weighted by Crippen LogP contribution is 2.35. The predicted octanol–water partition coefficient (Wildman–Crippen LogP) is 4.55. The van der Waals surface area contributed by atoms with Gasteiger partial charge in [-0.15, -0.1) is 0 Å². The molecule has 22 heavy (non-hydrogen) atoms. The maximum atomic E-state index is 13.2. The summed E-state index contributed by atoms with van der Waals surface area (Å²) in [6.45, 7) is 0. The van der Waals surface area contributed by atoms with Gasteiger partial charge in [-0.1, -0.05) is 24.3 Å². The van der Waals surface area contributed by atoms with Crippen LogP contribution in [0.1, 0.15) is 12.0 Å². The van der Waals surface area contributed by atoms with Crippen LogP contribution in [-0.2, 0) is 0 Å². The molecule has 112 valence electrons. The van der Waals surface area contributed by atoms with Gasteiger partial charge in [-0.3, -0.25) is 4.99 Å². The van der Waals surface area contributed by atoms with E-state index in [1.165, 1.54) is 18.2 Å². The second-order valence-electron chi connectivity index (χ2n) is 4.80. The standard InChI is InChI=1S/C16H11F3N2O/c17-16(18,19)15-9-13(10-5-1-4-8-14(10)22)20-11-6-2-3-7-12(11)21-15/h1-8,22H,9H2. The summed E-state index contributed by atoms with van der Waals surface area (Å²) in [4.78, 5) is 7.99. The highest BCUT2D eigenvalue weighted by atomic mass is 19.4. The predicted molar refractivity (Wildman–Crippen MR) is 78.5 cm³/mol. The number of phenols is 1. The Morgan fingerprint density at radius 3 is 2.09 bits per heavy atom. The number of nitrogens with zero attached hydrogens (tertiary/aromatic N) is 2. The summed E-state index contributed by atoms with van der Waals surface area (Å²) in [7, 11) is 0. The second-order valence-corrected chi connectivity index (χ2v) is 4.80. The van der Waals surface area contributed by atoms with Gasteiger partial charge in [0.15, 0.2) is 0 Å². The molecule has 0 unspecified atom stereocenters. The summed E-state index contributed by atoms with van der Waals surface area (Å²) in [6, 6.07) is 12.6. The van der Waals surface area contributed by atoms with Crippen molar-refractivity contribution in [3.63, 3.8) is 0 Å². The number of hydrogen-bond acceptors (Lipinski definition) is 3. The zero-order chi connectivity index (χ0) is 15.7. The van der Waals surface area contributed by atoms with E-state index < -0.39 is 18.3 Å². The van der Waals surface area contributed by atoms with Crippen LogP contribution in [0.4, 0.5) is 24.5 Å². The molecule has 0 radical (unpaired) electrons. The largest absolute Gasteiger partial charge is 0.507 e. The first-order valence-electron chi connectivity index (χ1n) is 6.55. The Kier molecular flexibility index (Phi) is 3.44. The van der Waals surface area contributed by atoms with Crippen LogP contribution in [0.3, 0.4) is 0 Å². The van der Waals surface area contributed by atoms with Crippen LogP contribution in [0.2, 0.25) is 0 Å². The van der Waals surface area contributed by atoms with Crippen molar-refractivity contribution in [3.05, 3.63) is 54.1 Å². The van der Waals surface area contributed by atoms with Crippen LogP contribution < -0.4 is 0 Å². The molecule has 0 saturated heterocycles. The lowest BCUT2D eigenvalue weighted by Gasteiger charge is -2.11. The molecule has 0 amide bonds. The van der Waals surface area contributed by atoms with Crippen molar-refractivity contribution in [3.8, 4) is 5.75 Å². The third-order valence-corrected chi connectivity index (χ3v) is 3.27. The molecule has 6 heteroatoms. The maximum Gasteiger partial charge on any atom is 0.429 e. The molecule has 3 nitrogen and oxygen atoms in total. The van der Waals surface area contributed by atoms with Crippen LogP contribution in [0.5, 0.6) is 5.75 Å². The highest BCUT2D eigenvalue weighted by molar-refractivity contribution is 6.17. The molecule has 0 saturated carbocycles. The molecular weight excluding hydrogens is 293 g/mol. The minimum absolute atomic E-state index is 0.109. The summed E-state index contributed by atoms with van der Waals surface area (Å²) in [5.74, 6) is -0.109. The van der Waals surface area contributed by atoms with Crippen molar-refractivity contribution in [1.29, 1.82) is 0 Å². The fourth-order valence-electron chi connectivity index (χ4n) is 2.22. The Bertz CT molecular complexity index is 779. The van der Waals surface area contributed by atoms with E-state index in [4.69, 9.17) is 0 Å². The van der Waals surface area contributed by atoms with E-state index in [1.54, 1.807) is 30.3 Å². The molecule has 2 aromatic rings. The van der Waals surface area contributed by atoms with Crippen molar-refractivity contribution in [2.75, 3.05) is 0 Å². The fraction of sp³-hybridized carbons (Fsp3) is 0.125. The van der Waals surface area contributed by atoms with E-state index in [0.29, 0.717) is 5.69 Å². The summed E-state index contributed by atoms with van der Waals surface area (Å²) in [5, 5.41) is 9.89. The van der Waals surface area contributed by atoms with Gasteiger partial charge in [0.2, 0.25) is 0 Å². The number of fused-ring (bicyclic) bond motifs is 1. The zero-order valence-electron chi connectivity index (χ0n) is 11.3. The SMILES string of the molecule is Oc1ccccc1C1=Nc2ccccc2N=C(C(F)(F)F)C1. The number of rotatable bonds is 1. The lowest BCUT2D eigenvalue weighted by atomic mass is 10.0. The van der Waals surface area contributed by atoms with Crippen LogP contribution in [0, 0.1) is 0 Å². The van der Waals surface area contributed by atoms with E-state index in [2.05, 4.69) is 9.98 Å². The highest BCUT2D eigenvalue weighted by Gasteiger charge is 2.37. The van der Waals surface area contributed by atoms with Crippen molar-refractivity contribution < 1.29 is 18.3 Å². The Labute approximate surface area is 124 Å². The molecule has 0 aromatic heterocycles. The van der Waals surface area contributed by atoms with E-state index in [0.717, 1.165) is 0 Å². The summed E-state index contributed by atoms with van der Waals surface area (Å²) >= 11 is 0. The first kappa shape index (κ1) is 14.3. The topological polar surface area (TPSA) is 45.0 Å². The van der Waals surface area contributed by atoms with Gasteiger partial charge in [0, 0.05) is 12.0 Å². The van der Waals surface area contributed by atoms with Gasteiger partial charge in [-0.05, 0) is 24.3 Å². The average molecular weight is 304 g/mol. The summed E-state index contributed by atoms with van der Waals surface area (Å²) < 4.78 is 39.5. The second kappa shape index (κ2) is 5.29. The Hall–Kier alpha value is -2.63. The van der Waals surface area contributed by atoms with Crippen LogP contribution in [-0.4, -0.2) is 22.7 Å². The third-order valence-electron chi connectivity index (χ3n) is 3.27. The van der Waals surface area contributed by atoms with E-state index in [9.17, 15) is 18.3 Å². The van der Waals surface area contributed by atoms with Gasteiger partial charge in [-0.2, -0.15) is 13.2 Å². The number of halogens is 3. The molecule has 1 aliphatic heterocycles. The van der Waals surface area contributed by atoms with E-state index in [1.807, 2.05) is 0 Å². The molecule has 0 aliphatic carbocycles. The first-order valence-corrected chi connectivity index (χ1v) is 6.55. The van der Waals surface area contributed by atoms with E-state index in [-0.39, 0.29) is 22.7 Å². The van der Waals surface area contributed by atoms with Gasteiger partial charge < -0.3 is 5.11 Å². The molecule has 0 atom stereocenters. The summed E-state index contributed by atoms with van der Waals surface area (Å²) in [5.41, 5.74) is -0.00465. The van der Waals surface area contributed by atoms with E-state index >= 15 is 0 Å². The first-order chi connectivity index (χ1) is 10.4. The molecule has 1 heterocycles. The monoisotopic (exact) mass is 304 g/mol. The van der Waals surface area contributed by atoms with Crippen molar-refractivity contribution in [2.45, 2.75) is 12.6 Å². The minimum Gasteiger partial charge on any atom is -0.507 e. The fourth-order valence-corrected chi connectivity index (χ4v) is 2.22. The number of alkyl halides is 3. The number of phenolic OH excluding ortho intramolecular Hbond substituents is 1.